The average Bonchev–Trinajstić information content (AvgIpc) is 3.69. The van der Waals surface area contributed by atoms with Gasteiger partial charge in [0, 0.05) is 28.7 Å². The third-order valence-corrected chi connectivity index (χ3v) is 7.52. The number of aromatic nitrogens is 1. The van der Waals surface area contributed by atoms with Gasteiger partial charge in [-0.3, -0.25) is 14.5 Å². The summed E-state index contributed by atoms with van der Waals surface area (Å²) in [5.41, 5.74) is 2.61. The molecule has 3 heterocycles. The molecule has 2 aliphatic heterocycles. The Bertz CT molecular complexity index is 1730. The molecule has 43 heavy (non-hydrogen) atoms. The Morgan fingerprint density at radius 1 is 1.00 bits per heavy atom. The van der Waals surface area contributed by atoms with E-state index in [4.69, 9.17) is 35.9 Å². The summed E-state index contributed by atoms with van der Waals surface area (Å²) in [6.07, 6.45) is 3.73. The van der Waals surface area contributed by atoms with Crippen molar-refractivity contribution in [1.29, 1.82) is 0 Å². The molecule has 0 radical (unpaired) electrons. The average molecular weight is 600 g/mol. The van der Waals surface area contributed by atoms with Crippen LogP contribution in [-0.2, 0) is 20.9 Å². The van der Waals surface area contributed by atoms with Gasteiger partial charge < -0.3 is 33.2 Å². The van der Waals surface area contributed by atoms with Crippen molar-refractivity contribution in [1.82, 2.24) is 9.47 Å². The Labute approximate surface area is 253 Å². The first-order valence-electron chi connectivity index (χ1n) is 13.7. The highest BCUT2D eigenvalue weighted by Crippen LogP contribution is 2.35. The number of esters is 1. The van der Waals surface area contributed by atoms with E-state index in [9.17, 15) is 9.59 Å². The minimum Gasteiger partial charge on any atom is -0.494 e. The van der Waals surface area contributed by atoms with Gasteiger partial charge in [-0.1, -0.05) is 18.2 Å². The summed E-state index contributed by atoms with van der Waals surface area (Å²) >= 11 is 5.71. The van der Waals surface area contributed by atoms with Crippen LogP contribution in [0.1, 0.15) is 12.5 Å². The van der Waals surface area contributed by atoms with Gasteiger partial charge in [0.25, 0.3) is 5.91 Å². The number of hydrogen-bond donors (Lipinski definition) is 0. The Hall–Kier alpha value is -5.03. The first-order valence-corrected chi connectivity index (χ1v) is 14.1. The molecule has 0 saturated carbocycles. The quantitative estimate of drug-likeness (QED) is 0.142. The summed E-state index contributed by atoms with van der Waals surface area (Å²) in [5, 5.41) is 1.13. The molecule has 1 fully saturated rings. The molecule has 1 aromatic heterocycles. The largest absolute Gasteiger partial charge is 0.494 e. The lowest BCUT2D eigenvalue weighted by Gasteiger charge is -2.19. The highest BCUT2D eigenvalue weighted by molar-refractivity contribution is 7.80. The van der Waals surface area contributed by atoms with Crippen molar-refractivity contribution in [3.63, 3.8) is 0 Å². The van der Waals surface area contributed by atoms with Gasteiger partial charge in [-0.25, -0.2) is 0 Å². The van der Waals surface area contributed by atoms with Gasteiger partial charge >= 0.3 is 5.97 Å². The number of carbonyl (C=O) groups is 2. The van der Waals surface area contributed by atoms with Crippen LogP contribution < -0.4 is 23.8 Å². The number of fused-ring (bicyclic) bond motifs is 2. The van der Waals surface area contributed by atoms with Crippen LogP contribution in [0.4, 0.5) is 5.69 Å². The molecule has 2 aliphatic rings. The second-order valence-corrected chi connectivity index (χ2v) is 10.1. The Morgan fingerprint density at radius 3 is 2.56 bits per heavy atom. The van der Waals surface area contributed by atoms with E-state index in [0.29, 0.717) is 48.4 Å². The molecule has 11 heteroatoms. The van der Waals surface area contributed by atoms with E-state index in [0.717, 1.165) is 16.5 Å². The van der Waals surface area contributed by atoms with Crippen LogP contribution in [-0.4, -0.2) is 60.1 Å². The molecule has 3 aromatic carbocycles. The fourth-order valence-electron chi connectivity index (χ4n) is 5.06. The minimum atomic E-state index is -0.516. The maximum Gasteiger partial charge on any atom is 0.325 e. The number of nitrogens with zero attached hydrogens (tertiary/aromatic N) is 3. The van der Waals surface area contributed by atoms with Gasteiger partial charge in [0.15, 0.2) is 16.6 Å². The number of thiocarbonyl (C=S) groups is 1. The van der Waals surface area contributed by atoms with Crippen LogP contribution >= 0.6 is 12.2 Å². The normalized spacial score (nSPS) is 15.1. The molecule has 0 bridgehead atoms. The molecule has 0 unspecified atom stereocenters. The van der Waals surface area contributed by atoms with Crippen LogP contribution in [0, 0.1) is 0 Å². The van der Waals surface area contributed by atoms with Gasteiger partial charge in [-0.2, -0.15) is 0 Å². The summed E-state index contributed by atoms with van der Waals surface area (Å²) in [6, 6.07) is 20.5. The molecule has 1 amide bonds. The van der Waals surface area contributed by atoms with Gasteiger partial charge in [-0.15, -0.1) is 0 Å². The smallest absolute Gasteiger partial charge is 0.325 e. The van der Waals surface area contributed by atoms with E-state index < -0.39 is 5.97 Å². The number of ether oxygens (including phenoxy) is 5. The fourth-order valence-corrected chi connectivity index (χ4v) is 5.41. The molecule has 4 aromatic rings. The Balaban J connectivity index is 1.29. The predicted octanol–water partition coefficient (Wildman–Crippen LogP) is 5.00. The third-order valence-electron chi connectivity index (χ3n) is 7.11. The van der Waals surface area contributed by atoms with Crippen molar-refractivity contribution < 1.29 is 33.3 Å². The summed E-state index contributed by atoms with van der Waals surface area (Å²) < 4.78 is 29.3. The van der Waals surface area contributed by atoms with E-state index in [1.165, 1.54) is 16.9 Å². The standard InChI is InChI=1S/C32H29N3O7S/c1-3-39-23-10-8-22(9-11-23)35-31(37)27(34(32(35)43)19-30(36)38-2)16-21-18-33(26-7-5-4-6-25(21)26)14-15-40-24-12-13-28-29(17-24)42-20-41-28/h4-13,16-18H,3,14-15,19-20H2,1-2H3/b27-16-. The number of rotatable bonds is 10. The SMILES string of the molecule is CCOc1ccc(N2C(=O)/C(=C/c3cn(CCOc4ccc5c(c4)OCO5)c4ccccc34)N(CC(=O)OC)C2=S)cc1. The van der Waals surface area contributed by atoms with Crippen molar-refractivity contribution in [2.45, 2.75) is 13.5 Å². The third kappa shape index (κ3) is 5.59. The molecular formula is C32H29N3O7S. The molecule has 1 saturated heterocycles. The monoisotopic (exact) mass is 599 g/mol. The van der Waals surface area contributed by atoms with E-state index in [2.05, 4.69) is 4.57 Å². The molecular weight excluding hydrogens is 570 g/mol. The molecule has 6 rings (SSSR count). The van der Waals surface area contributed by atoms with Gasteiger partial charge in [0.2, 0.25) is 6.79 Å². The van der Waals surface area contributed by atoms with Crippen LogP contribution in [0.25, 0.3) is 17.0 Å². The van der Waals surface area contributed by atoms with E-state index in [1.54, 1.807) is 30.3 Å². The lowest BCUT2D eigenvalue weighted by molar-refractivity contribution is -0.140. The van der Waals surface area contributed by atoms with Crippen LogP contribution in [0.5, 0.6) is 23.0 Å². The predicted molar refractivity (Wildman–Crippen MR) is 164 cm³/mol. The highest BCUT2D eigenvalue weighted by Gasteiger charge is 2.40. The number of anilines is 1. The topological polar surface area (TPSA) is 91.7 Å². The zero-order valence-electron chi connectivity index (χ0n) is 23.6. The second-order valence-electron chi connectivity index (χ2n) is 9.70. The zero-order valence-corrected chi connectivity index (χ0v) is 24.5. The number of para-hydroxylation sites is 1. The summed E-state index contributed by atoms with van der Waals surface area (Å²) in [4.78, 5) is 29.1. The number of hydrogen-bond acceptors (Lipinski definition) is 8. The van der Waals surface area contributed by atoms with Crippen molar-refractivity contribution in [2.24, 2.45) is 0 Å². The molecule has 220 valence electrons. The summed E-state index contributed by atoms with van der Waals surface area (Å²) in [5.74, 6) is 1.86. The number of methoxy groups -OCH3 is 1. The van der Waals surface area contributed by atoms with Crippen molar-refractivity contribution in [2.75, 3.05) is 38.6 Å². The highest BCUT2D eigenvalue weighted by atomic mass is 32.1. The minimum absolute atomic E-state index is 0.187. The summed E-state index contributed by atoms with van der Waals surface area (Å²) in [6.45, 7) is 3.37. The molecule has 0 atom stereocenters. The second kappa shape index (κ2) is 12.1. The Kier molecular flexibility index (Phi) is 7.89. The zero-order chi connectivity index (χ0) is 29.9. The van der Waals surface area contributed by atoms with E-state index in [-0.39, 0.29) is 30.1 Å². The Morgan fingerprint density at radius 2 is 1.77 bits per heavy atom. The van der Waals surface area contributed by atoms with Crippen LogP contribution in [0.15, 0.2) is 78.6 Å². The summed E-state index contributed by atoms with van der Waals surface area (Å²) in [7, 11) is 1.30. The van der Waals surface area contributed by atoms with Crippen LogP contribution in [0.2, 0.25) is 0 Å². The fraction of sp³-hybridized carbons (Fsp3) is 0.219. The van der Waals surface area contributed by atoms with Crippen molar-refractivity contribution >= 4 is 51.9 Å². The molecule has 0 spiro atoms. The van der Waals surface area contributed by atoms with Crippen molar-refractivity contribution in [3.05, 3.63) is 84.2 Å². The van der Waals surface area contributed by atoms with Gasteiger partial charge in [-0.05, 0) is 67.7 Å². The van der Waals surface area contributed by atoms with Crippen LogP contribution in [0.3, 0.4) is 0 Å². The lowest BCUT2D eigenvalue weighted by atomic mass is 10.1. The van der Waals surface area contributed by atoms with Gasteiger partial charge in [0.05, 0.1) is 25.9 Å². The molecule has 10 nitrogen and oxygen atoms in total. The molecule has 0 aliphatic carbocycles. The number of carbonyl (C=O) groups excluding carboxylic acids is 2. The molecule has 0 N–H and O–H groups in total. The maximum absolute atomic E-state index is 13.9. The van der Waals surface area contributed by atoms with Crippen molar-refractivity contribution in [3.8, 4) is 23.0 Å². The number of amides is 1. The maximum atomic E-state index is 13.9. The van der Waals surface area contributed by atoms with Gasteiger partial charge in [0.1, 0.15) is 30.3 Å². The lowest BCUT2D eigenvalue weighted by Crippen LogP contribution is -2.35. The first-order chi connectivity index (χ1) is 21.0. The van der Waals surface area contributed by atoms with E-state index >= 15 is 0 Å². The first kappa shape index (κ1) is 28.1. The number of benzene rings is 3. The van der Waals surface area contributed by atoms with E-state index in [1.807, 2.05) is 55.6 Å².